The third kappa shape index (κ3) is 2.81. The highest BCUT2D eigenvalue weighted by molar-refractivity contribution is 9.10. The van der Waals surface area contributed by atoms with Crippen molar-refractivity contribution in [2.24, 2.45) is 14.1 Å². The zero-order chi connectivity index (χ0) is 14.9. The standard InChI is InChI=1S/C14H22BrN5/c1-6-16-13(14-12(15)8-17-20(14)5)7-11-9(2)18-19(4)10(11)3/h8,13,16H,6-7H2,1-5H3. The van der Waals surface area contributed by atoms with Crippen molar-refractivity contribution >= 4 is 15.9 Å². The average Bonchev–Trinajstić information content (AvgIpc) is 2.83. The molecule has 1 atom stereocenters. The maximum Gasteiger partial charge on any atom is 0.0695 e. The van der Waals surface area contributed by atoms with Gasteiger partial charge in [-0.1, -0.05) is 6.92 Å². The van der Waals surface area contributed by atoms with Gasteiger partial charge in [-0.05, 0) is 48.3 Å². The number of nitrogens with zero attached hydrogens (tertiary/aromatic N) is 4. The maximum absolute atomic E-state index is 4.50. The molecule has 2 heterocycles. The first-order chi connectivity index (χ1) is 9.45. The fourth-order valence-corrected chi connectivity index (χ4v) is 3.27. The predicted octanol–water partition coefficient (Wildman–Crippen LogP) is 2.43. The highest BCUT2D eigenvalue weighted by Crippen LogP contribution is 2.27. The molecule has 2 aromatic heterocycles. The summed E-state index contributed by atoms with van der Waals surface area (Å²) >= 11 is 3.60. The molecule has 0 aromatic carbocycles. The van der Waals surface area contributed by atoms with Crippen LogP contribution in [0.15, 0.2) is 10.7 Å². The summed E-state index contributed by atoms with van der Waals surface area (Å²) in [6.45, 7) is 7.24. The minimum atomic E-state index is 0.225. The molecule has 0 bridgehead atoms. The molecule has 5 nitrogen and oxygen atoms in total. The molecular weight excluding hydrogens is 318 g/mol. The smallest absolute Gasteiger partial charge is 0.0695 e. The van der Waals surface area contributed by atoms with Crippen molar-refractivity contribution in [1.82, 2.24) is 24.9 Å². The van der Waals surface area contributed by atoms with Gasteiger partial charge in [-0.3, -0.25) is 9.36 Å². The minimum Gasteiger partial charge on any atom is -0.309 e. The number of aromatic nitrogens is 4. The normalized spacial score (nSPS) is 12.9. The van der Waals surface area contributed by atoms with E-state index in [1.54, 1.807) is 0 Å². The van der Waals surface area contributed by atoms with Crippen LogP contribution in [0, 0.1) is 13.8 Å². The van der Waals surface area contributed by atoms with Crippen LogP contribution in [0.2, 0.25) is 0 Å². The van der Waals surface area contributed by atoms with Gasteiger partial charge in [-0.2, -0.15) is 10.2 Å². The number of halogens is 1. The summed E-state index contributed by atoms with van der Waals surface area (Å²) in [5.41, 5.74) is 4.82. The quantitative estimate of drug-likeness (QED) is 0.909. The third-order valence-electron chi connectivity index (χ3n) is 3.79. The molecule has 2 aromatic rings. The van der Waals surface area contributed by atoms with E-state index in [1.807, 2.05) is 29.7 Å². The van der Waals surface area contributed by atoms with Gasteiger partial charge < -0.3 is 5.32 Å². The summed E-state index contributed by atoms with van der Waals surface area (Å²) in [4.78, 5) is 0. The van der Waals surface area contributed by atoms with Crippen molar-refractivity contribution < 1.29 is 0 Å². The zero-order valence-corrected chi connectivity index (χ0v) is 14.3. The first-order valence-corrected chi connectivity index (χ1v) is 7.64. The fraction of sp³-hybridized carbons (Fsp3) is 0.571. The molecular formula is C14H22BrN5. The summed E-state index contributed by atoms with van der Waals surface area (Å²) in [6.07, 6.45) is 2.76. The van der Waals surface area contributed by atoms with Crippen LogP contribution in [0.1, 0.15) is 35.6 Å². The number of likely N-dealkylation sites (N-methyl/N-ethyl adjacent to an activating group) is 1. The van der Waals surface area contributed by atoms with Crippen LogP contribution in [-0.4, -0.2) is 26.1 Å². The van der Waals surface area contributed by atoms with Crippen molar-refractivity contribution in [3.05, 3.63) is 33.3 Å². The molecule has 0 fully saturated rings. The SMILES string of the molecule is CCNC(Cc1c(C)nn(C)c1C)c1c(Br)cnn1C. The summed E-state index contributed by atoms with van der Waals surface area (Å²) in [7, 11) is 3.97. The van der Waals surface area contributed by atoms with Crippen LogP contribution in [0.25, 0.3) is 0 Å². The van der Waals surface area contributed by atoms with Gasteiger partial charge in [0.25, 0.3) is 0 Å². The van der Waals surface area contributed by atoms with Gasteiger partial charge in [0, 0.05) is 19.8 Å². The largest absolute Gasteiger partial charge is 0.309 e. The van der Waals surface area contributed by atoms with E-state index in [1.165, 1.54) is 17.0 Å². The van der Waals surface area contributed by atoms with Crippen LogP contribution >= 0.6 is 15.9 Å². The molecule has 0 aliphatic rings. The van der Waals surface area contributed by atoms with Gasteiger partial charge in [0.15, 0.2) is 0 Å². The Morgan fingerprint density at radius 2 is 2.00 bits per heavy atom. The lowest BCUT2D eigenvalue weighted by molar-refractivity contribution is 0.504. The van der Waals surface area contributed by atoms with E-state index in [0.29, 0.717) is 0 Å². The van der Waals surface area contributed by atoms with Gasteiger partial charge in [-0.15, -0.1) is 0 Å². The molecule has 0 aliphatic carbocycles. The Morgan fingerprint density at radius 1 is 1.30 bits per heavy atom. The van der Waals surface area contributed by atoms with Gasteiger partial charge in [0.05, 0.1) is 28.1 Å². The number of hydrogen-bond donors (Lipinski definition) is 1. The fourth-order valence-electron chi connectivity index (χ4n) is 2.64. The van der Waals surface area contributed by atoms with E-state index in [0.717, 1.165) is 23.1 Å². The van der Waals surface area contributed by atoms with Crippen molar-refractivity contribution in [2.75, 3.05) is 6.54 Å². The number of aryl methyl sites for hydroxylation is 3. The summed E-state index contributed by atoms with van der Waals surface area (Å²) < 4.78 is 4.93. The lowest BCUT2D eigenvalue weighted by atomic mass is 10.0. The second-order valence-corrected chi connectivity index (χ2v) is 5.94. The molecule has 0 aliphatic heterocycles. The second kappa shape index (κ2) is 6.10. The maximum atomic E-state index is 4.50. The van der Waals surface area contributed by atoms with Crippen molar-refractivity contribution in [2.45, 2.75) is 33.2 Å². The summed E-state index contributed by atoms with van der Waals surface area (Å²) in [5.74, 6) is 0. The Bertz CT molecular complexity index is 579. The molecule has 2 rings (SSSR count). The summed E-state index contributed by atoms with van der Waals surface area (Å²) in [6, 6.07) is 0.225. The van der Waals surface area contributed by atoms with Crippen molar-refractivity contribution in [3.63, 3.8) is 0 Å². The van der Waals surface area contributed by atoms with Crippen LogP contribution in [0.4, 0.5) is 0 Å². The molecule has 1 N–H and O–H groups in total. The number of nitrogens with one attached hydrogen (secondary N) is 1. The lowest BCUT2D eigenvalue weighted by Crippen LogP contribution is -2.26. The van der Waals surface area contributed by atoms with E-state index in [2.05, 4.69) is 52.2 Å². The van der Waals surface area contributed by atoms with E-state index in [9.17, 15) is 0 Å². The van der Waals surface area contributed by atoms with E-state index >= 15 is 0 Å². The van der Waals surface area contributed by atoms with Gasteiger partial charge in [-0.25, -0.2) is 0 Å². The van der Waals surface area contributed by atoms with Crippen LogP contribution in [-0.2, 0) is 20.5 Å². The number of hydrogen-bond acceptors (Lipinski definition) is 3. The Kier molecular flexibility index (Phi) is 4.65. The Morgan fingerprint density at radius 3 is 2.45 bits per heavy atom. The molecule has 1 unspecified atom stereocenters. The molecule has 6 heteroatoms. The number of rotatable bonds is 5. The molecule has 20 heavy (non-hydrogen) atoms. The van der Waals surface area contributed by atoms with Crippen LogP contribution in [0.5, 0.6) is 0 Å². The minimum absolute atomic E-state index is 0.225. The second-order valence-electron chi connectivity index (χ2n) is 5.09. The summed E-state index contributed by atoms with van der Waals surface area (Å²) in [5, 5.41) is 12.4. The molecule has 0 saturated heterocycles. The monoisotopic (exact) mass is 339 g/mol. The van der Waals surface area contributed by atoms with E-state index in [-0.39, 0.29) is 6.04 Å². The van der Waals surface area contributed by atoms with Gasteiger partial charge in [0.2, 0.25) is 0 Å². The Balaban J connectivity index is 2.35. The molecule has 0 radical (unpaired) electrons. The van der Waals surface area contributed by atoms with Crippen molar-refractivity contribution in [1.29, 1.82) is 0 Å². The highest BCUT2D eigenvalue weighted by atomic mass is 79.9. The Hall–Kier alpha value is -1.14. The molecule has 0 spiro atoms. The molecule has 110 valence electrons. The topological polar surface area (TPSA) is 47.7 Å². The van der Waals surface area contributed by atoms with E-state index in [4.69, 9.17) is 0 Å². The zero-order valence-electron chi connectivity index (χ0n) is 12.7. The lowest BCUT2D eigenvalue weighted by Gasteiger charge is -2.19. The molecule has 0 amide bonds. The average molecular weight is 340 g/mol. The highest BCUT2D eigenvalue weighted by Gasteiger charge is 2.21. The van der Waals surface area contributed by atoms with Gasteiger partial charge >= 0.3 is 0 Å². The van der Waals surface area contributed by atoms with Crippen LogP contribution in [0.3, 0.4) is 0 Å². The van der Waals surface area contributed by atoms with Crippen molar-refractivity contribution in [3.8, 4) is 0 Å². The van der Waals surface area contributed by atoms with E-state index < -0.39 is 0 Å². The Labute approximate surface area is 128 Å². The predicted molar refractivity (Wildman–Crippen MR) is 83.7 cm³/mol. The van der Waals surface area contributed by atoms with Gasteiger partial charge in [0.1, 0.15) is 0 Å². The first kappa shape index (κ1) is 15.3. The molecule has 0 saturated carbocycles. The first-order valence-electron chi connectivity index (χ1n) is 6.85. The third-order valence-corrected chi connectivity index (χ3v) is 4.40. The van der Waals surface area contributed by atoms with Crippen LogP contribution < -0.4 is 5.32 Å².